The summed E-state index contributed by atoms with van der Waals surface area (Å²) >= 11 is 0. The van der Waals surface area contributed by atoms with Crippen molar-refractivity contribution in [1.82, 2.24) is 0 Å². The molecule has 0 aromatic heterocycles. The molecule has 4 N–H and O–H groups in total. The number of hydrogen-bond donors (Lipinski definition) is 4. The summed E-state index contributed by atoms with van der Waals surface area (Å²) in [7, 11) is 0. The van der Waals surface area contributed by atoms with Gasteiger partial charge in [0.1, 0.15) is 24.4 Å². The van der Waals surface area contributed by atoms with Gasteiger partial charge in [-0.3, -0.25) is 0 Å². The van der Waals surface area contributed by atoms with Gasteiger partial charge in [-0.1, -0.05) is 13.8 Å². The van der Waals surface area contributed by atoms with Gasteiger partial charge in [0.25, 0.3) is 0 Å². The monoisotopic (exact) mass is 206 g/mol. The van der Waals surface area contributed by atoms with Crippen LogP contribution >= 0.6 is 0 Å². The molecular weight excluding hydrogens is 188 g/mol. The lowest BCUT2D eigenvalue weighted by Crippen LogP contribution is -2.59. The van der Waals surface area contributed by atoms with E-state index in [1.807, 2.05) is 13.8 Å². The molecule has 1 heterocycles. The van der Waals surface area contributed by atoms with Crippen LogP contribution in [0.2, 0.25) is 0 Å². The van der Waals surface area contributed by atoms with E-state index in [4.69, 9.17) is 9.84 Å². The highest BCUT2D eigenvalue weighted by molar-refractivity contribution is 4.92. The van der Waals surface area contributed by atoms with Crippen molar-refractivity contribution in [3.05, 3.63) is 0 Å². The van der Waals surface area contributed by atoms with E-state index in [0.29, 0.717) is 0 Å². The van der Waals surface area contributed by atoms with Crippen LogP contribution < -0.4 is 0 Å². The summed E-state index contributed by atoms with van der Waals surface area (Å²) in [6.07, 6.45) is -4.96. The van der Waals surface area contributed by atoms with Gasteiger partial charge >= 0.3 is 0 Å². The van der Waals surface area contributed by atoms with E-state index in [1.165, 1.54) is 0 Å². The van der Waals surface area contributed by atoms with Crippen LogP contribution in [-0.4, -0.2) is 57.6 Å². The van der Waals surface area contributed by atoms with E-state index in [-0.39, 0.29) is 12.5 Å². The number of rotatable bonds is 2. The average molecular weight is 206 g/mol. The maximum Gasteiger partial charge on any atom is 0.111 e. The zero-order valence-electron chi connectivity index (χ0n) is 8.37. The summed E-state index contributed by atoms with van der Waals surface area (Å²) in [5, 5.41) is 37.4. The Hall–Kier alpha value is -0.200. The normalized spacial score (nSPS) is 44.4. The highest BCUT2D eigenvalue weighted by Gasteiger charge is 2.44. The molecule has 1 aliphatic rings. The quantitative estimate of drug-likeness (QED) is 0.441. The Morgan fingerprint density at radius 3 is 2.07 bits per heavy atom. The molecule has 0 aromatic rings. The summed E-state index contributed by atoms with van der Waals surface area (Å²) in [4.78, 5) is 0. The van der Waals surface area contributed by atoms with Gasteiger partial charge in [0, 0.05) is 0 Å². The second-order valence-electron chi connectivity index (χ2n) is 4.04. The number of aliphatic hydroxyl groups excluding tert-OH is 4. The van der Waals surface area contributed by atoms with Crippen LogP contribution in [0.3, 0.4) is 0 Å². The van der Waals surface area contributed by atoms with Crippen molar-refractivity contribution in [2.24, 2.45) is 5.92 Å². The van der Waals surface area contributed by atoms with Gasteiger partial charge in [0.2, 0.25) is 0 Å². The fraction of sp³-hybridized carbons (Fsp3) is 1.00. The number of ether oxygens (including phenoxy) is 1. The Morgan fingerprint density at radius 1 is 1.07 bits per heavy atom. The first kappa shape index (κ1) is 11.9. The molecule has 5 atom stereocenters. The van der Waals surface area contributed by atoms with E-state index in [0.717, 1.165) is 0 Å². The van der Waals surface area contributed by atoms with Crippen LogP contribution in [0.4, 0.5) is 0 Å². The van der Waals surface area contributed by atoms with Gasteiger partial charge in [0.05, 0.1) is 12.7 Å². The molecule has 1 fully saturated rings. The molecule has 0 amide bonds. The second-order valence-corrected chi connectivity index (χ2v) is 4.04. The zero-order valence-corrected chi connectivity index (χ0v) is 8.37. The Kier molecular flexibility index (Phi) is 3.86. The average Bonchev–Trinajstić information content (AvgIpc) is 2.14. The summed E-state index contributed by atoms with van der Waals surface area (Å²) in [6.45, 7) is 3.31. The van der Waals surface area contributed by atoms with Crippen molar-refractivity contribution in [2.75, 3.05) is 6.61 Å². The number of hydrogen-bond acceptors (Lipinski definition) is 5. The van der Waals surface area contributed by atoms with E-state index < -0.39 is 30.5 Å². The molecule has 1 saturated heterocycles. The molecule has 14 heavy (non-hydrogen) atoms. The molecule has 1 aliphatic heterocycles. The van der Waals surface area contributed by atoms with Crippen LogP contribution in [0.15, 0.2) is 0 Å². The van der Waals surface area contributed by atoms with Crippen molar-refractivity contribution >= 4 is 0 Å². The van der Waals surface area contributed by atoms with Gasteiger partial charge in [-0.25, -0.2) is 0 Å². The Labute approximate surface area is 82.9 Å². The second kappa shape index (κ2) is 4.55. The van der Waals surface area contributed by atoms with Crippen molar-refractivity contribution in [3.63, 3.8) is 0 Å². The van der Waals surface area contributed by atoms with E-state index in [2.05, 4.69) is 0 Å². The molecule has 0 radical (unpaired) electrons. The Bertz CT molecular complexity index is 182. The standard InChI is InChI=1S/C9H18O5/c1-4(2)9-8(13)7(12)6(11)5(3-10)14-9/h4-13H,3H2,1-2H3/t5-,6-,7+,8-,9-/m1/s1. The van der Waals surface area contributed by atoms with E-state index in [1.54, 1.807) is 0 Å². The van der Waals surface area contributed by atoms with Crippen LogP contribution in [0.1, 0.15) is 13.8 Å². The minimum absolute atomic E-state index is 0.0150. The lowest BCUT2D eigenvalue weighted by molar-refractivity contribution is -0.238. The minimum Gasteiger partial charge on any atom is -0.394 e. The van der Waals surface area contributed by atoms with E-state index >= 15 is 0 Å². The summed E-state index contributed by atoms with van der Waals surface area (Å²) in [6, 6.07) is 0. The fourth-order valence-corrected chi connectivity index (χ4v) is 1.68. The third kappa shape index (κ3) is 2.07. The van der Waals surface area contributed by atoms with Crippen molar-refractivity contribution in [1.29, 1.82) is 0 Å². The first-order valence-electron chi connectivity index (χ1n) is 4.79. The van der Waals surface area contributed by atoms with Crippen LogP contribution in [0, 0.1) is 5.92 Å². The summed E-state index contributed by atoms with van der Waals surface area (Å²) in [5.74, 6) is 0.0150. The van der Waals surface area contributed by atoms with E-state index in [9.17, 15) is 15.3 Å². The molecule has 0 saturated carbocycles. The predicted octanol–water partition coefficient (Wildman–Crippen LogP) is -1.52. The third-order valence-corrected chi connectivity index (χ3v) is 2.59. The van der Waals surface area contributed by atoms with Gasteiger partial charge in [-0.15, -0.1) is 0 Å². The van der Waals surface area contributed by atoms with Gasteiger partial charge in [0.15, 0.2) is 0 Å². The molecule has 5 nitrogen and oxygen atoms in total. The first-order chi connectivity index (χ1) is 6.49. The van der Waals surface area contributed by atoms with Crippen LogP contribution in [0.5, 0.6) is 0 Å². The lowest BCUT2D eigenvalue weighted by atomic mass is 9.90. The molecule has 0 spiro atoms. The third-order valence-electron chi connectivity index (χ3n) is 2.59. The van der Waals surface area contributed by atoms with Crippen molar-refractivity contribution < 1.29 is 25.2 Å². The molecule has 0 bridgehead atoms. The van der Waals surface area contributed by atoms with Gasteiger partial charge in [-0.05, 0) is 5.92 Å². The van der Waals surface area contributed by atoms with Crippen LogP contribution in [0.25, 0.3) is 0 Å². The zero-order chi connectivity index (χ0) is 10.9. The summed E-state index contributed by atoms with van der Waals surface area (Å²) in [5.41, 5.74) is 0. The van der Waals surface area contributed by atoms with Crippen LogP contribution in [-0.2, 0) is 4.74 Å². The molecule has 1 rings (SSSR count). The van der Waals surface area contributed by atoms with Crippen molar-refractivity contribution in [2.45, 2.75) is 44.4 Å². The van der Waals surface area contributed by atoms with Gasteiger partial charge in [-0.2, -0.15) is 0 Å². The molecule has 84 valence electrons. The lowest BCUT2D eigenvalue weighted by Gasteiger charge is -2.41. The highest BCUT2D eigenvalue weighted by atomic mass is 16.5. The topological polar surface area (TPSA) is 90.2 Å². The first-order valence-corrected chi connectivity index (χ1v) is 4.79. The maximum atomic E-state index is 9.57. The largest absolute Gasteiger partial charge is 0.394 e. The fourth-order valence-electron chi connectivity index (χ4n) is 1.68. The van der Waals surface area contributed by atoms with Gasteiger partial charge < -0.3 is 25.2 Å². The van der Waals surface area contributed by atoms with Crippen molar-refractivity contribution in [3.8, 4) is 0 Å². The molecule has 0 aliphatic carbocycles. The summed E-state index contributed by atoms with van der Waals surface area (Å²) < 4.78 is 5.28. The highest BCUT2D eigenvalue weighted by Crippen LogP contribution is 2.25. The molecule has 0 unspecified atom stereocenters. The predicted molar refractivity (Wildman–Crippen MR) is 48.6 cm³/mol. The SMILES string of the molecule is CC(C)[C@H]1O[C@H](CO)[C@@H](O)[C@H](O)[C@H]1O. The minimum atomic E-state index is -1.26. The molecular formula is C9H18O5. The Morgan fingerprint density at radius 2 is 1.64 bits per heavy atom. The molecule has 0 aromatic carbocycles. The number of aliphatic hydroxyl groups is 4. The smallest absolute Gasteiger partial charge is 0.111 e. The molecule has 5 heteroatoms. The maximum absolute atomic E-state index is 9.57. The Balaban J connectivity index is 2.73.